The summed E-state index contributed by atoms with van der Waals surface area (Å²) >= 11 is 1.49. The molecule has 1 amide bonds. The largest absolute Gasteiger partial charge is 0.497 e. The summed E-state index contributed by atoms with van der Waals surface area (Å²) in [7, 11) is 1.65. The van der Waals surface area contributed by atoms with Gasteiger partial charge in [-0.05, 0) is 55.0 Å². The van der Waals surface area contributed by atoms with Crippen molar-refractivity contribution in [1.29, 1.82) is 0 Å². The van der Waals surface area contributed by atoms with Crippen LogP contribution >= 0.6 is 11.3 Å². The molecule has 0 aliphatic heterocycles. The molecule has 0 aliphatic carbocycles. The molecule has 0 bridgehead atoms. The molecule has 0 saturated heterocycles. The molecule has 0 aliphatic rings. The monoisotopic (exact) mass is 418 g/mol. The average Bonchev–Trinajstić information content (AvgIpc) is 3.11. The number of carbonyl (C=O) groups is 1. The summed E-state index contributed by atoms with van der Waals surface area (Å²) in [4.78, 5) is 18.0. The molecular weight excluding hydrogens is 396 g/mol. The second-order valence-electron chi connectivity index (χ2n) is 6.73. The minimum absolute atomic E-state index is 0.295. The first-order chi connectivity index (χ1) is 14.7. The number of ether oxygens (including phenoxy) is 2. The van der Waals surface area contributed by atoms with Crippen LogP contribution in [-0.2, 0) is 6.54 Å². The summed E-state index contributed by atoms with van der Waals surface area (Å²) in [5.41, 5.74) is 1.54. The summed E-state index contributed by atoms with van der Waals surface area (Å²) in [5, 5.41) is 0. The van der Waals surface area contributed by atoms with Gasteiger partial charge in [0.15, 0.2) is 4.80 Å². The van der Waals surface area contributed by atoms with Crippen LogP contribution in [0.3, 0.4) is 0 Å². The average molecular weight is 419 g/mol. The maximum absolute atomic E-state index is 12.9. The van der Waals surface area contributed by atoms with E-state index in [1.165, 1.54) is 11.3 Å². The molecule has 4 rings (SSSR count). The van der Waals surface area contributed by atoms with Crippen LogP contribution in [-0.4, -0.2) is 17.6 Å². The van der Waals surface area contributed by atoms with Gasteiger partial charge in [0, 0.05) is 12.1 Å². The molecule has 4 aromatic rings. The molecule has 0 spiro atoms. The molecule has 0 atom stereocenters. The number of hydrogen-bond donors (Lipinski definition) is 0. The highest BCUT2D eigenvalue weighted by molar-refractivity contribution is 7.16. The fourth-order valence-electron chi connectivity index (χ4n) is 3.17. The molecule has 3 aromatic carbocycles. The van der Waals surface area contributed by atoms with Gasteiger partial charge in [0.1, 0.15) is 17.2 Å². The third-order valence-corrected chi connectivity index (χ3v) is 5.64. The van der Waals surface area contributed by atoms with Crippen LogP contribution in [0, 0.1) is 0 Å². The van der Waals surface area contributed by atoms with Gasteiger partial charge in [0.2, 0.25) is 0 Å². The quantitative estimate of drug-likeness (QED) is 0.406. The molecule has 0 fully saturated rings. The molecule has 30 heavy (non-hydrogen) atoms. The maximum Gasteiger partial charge on any atom is 0.279 e. The highest BCUT2D eigenvalue weighted by atomic mass is 32.1. The molecule has 0 N–H and O–H groups in total. The number of methoxy groups -OCH3 is 1. The van der Waals surface area contributed by atoms with E-state index in [1.54, 1.807) is 25.3 Å². The van der Waals surface area contributed by atoms with Gasteiger partial charge in [-0.15, -0.1) is 0 Å². The van der Waals surface area contributed by atoms with Gasteiger partial charge in [-0.3, -0.25) is 4.79 Å². The summed E-state index contributed by atoms with van der Waals surface area (Å²) < 4.78 is 14.3. The highest BCUT2D eigenvalue weighted by Crippen LogP contribution is 2.24. The fourth-order valence-corrected chi connectivity index (χ4v) is 4.26. The number of carbonyl (C=O) groups excluding carboxylic acids is 1. The van der Waals surface area contributed by atoms with Gasteiger partial charge >= 0.3 is 0 Å². The van der Waals surface area contributed by atoms with E-state index in [1.807, 2.05) is 54.6 Å². The van der Waals surface area contributed by atoms with Crippen LogP contribution in [0.2, 0.25) is 0 Å². The Morgan fingerprint density at radius 2 is 1.77 bits per heavy atom. The van der Waals surface area contributed by atoms with Crippen LogP contribution in [0.1, 0.15) is 23.7 Å². The number of fused-ring (bicyclic) bond motifs is 1. The van der Waals surface area contributed by atoms with Crippen LogP contribution in [0.4, 0.5) is 0 Å². The number of amides is 1. The van der Waals surface area contributed by atoms with Crippen molar-refractivity contribution in [3.63, 3.8) is 0 Å². The zero-order valence-corrected chi connectivity index (χ0v) is 17.7. The Morgan fingerprint density at radius 1 is 0.967 bits per heavy atom. The van der Waals surface area contributed by atoms with Crippen molar-refractivity contribution in [3.8, 4) is 17.2 Å². The zero-order valence-electron chi connectivity index (χ0n) is 16.9. The lowest BCUT2D eigenvalue weighted by molar-refractivity contribution is 0.0997. The van der Waals surface area contributed by atoms with Crippen LogP contribution < -0.4 is 14.3 Å². The van der Waals surface area contributed by atoms with Crippen molar-refractivity contribution in [2.75, 3.05) is 7.11 Å². The molecule has 0 unspecified atom stereocenters. The molecule has 152 valence electrons. The Bertz CT molecular complexity index is 1240. The first-order valence-electron chi connectivity index (χ1n) is 9.77. The molecule has 0 radical (unpaired) electrons. The van der Waals surface area contributed by atoms with Gasteiger partial charge in [0.05, 0.1) is 17.3 Å². The number of aryl methyl sites for hydroxylation is 1. The molecule has 6 heteroatoms. The lowest BCUT2D eigenvalue weighted by Crippen LogP contribution is -2.16. The number of hydrogen-bond acceptors (Lipinski definition) is 4. The number of nitrogens with zero attached hydrogens (tertiary/aromatic N) is 2. The zero-order chi connectivity index (χ0) is 20.9. The second kappa shape index (κ2) is 8.97. The molecule has 1 aromatic heterocycles. The van der Waals surface area contributed by atoms with Crippen molar-refractivity contribution in [1.82, 2.24) is 4.57 Å². The maximum atomic E-state index is 12.9. The van der Waals surface area contributed by atoms with Crippen molar-refractivity contribution in [3.05, 3.63) is 83.2 Å². The Balaban J connectivity index is 1.69. The first kappa shape index (κ1) is 19.9. The lowest BCUT2D eigenvalue weighted by atomic mass is 10.2. The molecule has 5 nitrogen and oxygen atoms in total. The van der Waals surface area contributed by atoms with Crippen molar-refractivity contribution >= 4 is 27.5 Å². The summed E-state index contributed by atoms with van der Waals surface area (Å²) in [6.07, 6.45) is 0.944. The van der Waals surface area contributed by atoms with E-state index in [-0.39, 0.29) is 5.91 Å². The molecule has 1 heterocycles. The van der Waals surface area contributed by atoms with Crippen LogP contribution in [0.15, 0.2) is 77.8 Å². The molecular formula is C24H22N2O3S. The number of rotatable bonds is 6. The predicted octanol–water partition coefficient (Wildman–Crippen LogP) is 5.65. The van der Waals surface area contributed by atoms with Crippen molar-refractivity contribution in [2.45, 2.75) is 19.9 Å². The Morgan fingerprint density at radius 3 is 2.53 bits per heavy atom. The second-order valence-corrected chi connectivity index (χ2v) is 7.74. The number of thiazole rings is 1. The lowest BCUT2D eigenvalue weighted by Gasteiger charge is -2.06. The van der Waals surface area contributed by atoms with E-state index in [9.17, 15) is 4.79 Å². The number of benzene rings is 3. The molecule has 0 saturated carbocycles. The smallest absolute Gasteiger partial charge is 0.279 e. The standard InChI is InChI=1S/C24H22N2O3S/c1-3-14-26-21-13-12-19(28-2)16-22(21)30-24(26)25-23(27)17-8-7-11-20(15-17)29-18-9-5-4-6-10-18/h4-13,15-16H,3,14H2,1-2H3. The van der Waals surface area contributed by atoms with Gasteiger partial charge < -0.3 is 14.0 Å². The Labute approximate surface area is 178 Å². The van der Waals surface area contributed by atoms with E-state index in [2.05, 4.69) is 16.5 Å². The topological polar surface area (TPSA) is 52.8 Å². The van der Waals surface area contributed by atoms with Gasteiger partial charge in [0.25, 0.3) is 5.91 Å². The number of para-hydroxylation sites is 1. The summed E-state index contributed by atoms with van der Waals surface area (Å²) in [5.74, 6) is 1.82. The number of aromatic nitrogens is 1. The van der Waals surface area contributed by atoms with Gasteiger partial charge in [-0.25, -0.2) is 0 Å². The Kier molecular flexibility index (Phi) is 5.95. The van der Waals surface area contributed by atoms with Crippen LogP contribution in [0.25, 0.3) is 10.2 Å². The highest BCUT2D eigenvalue weighted by Gasteiger charge is 2.11. The first-order valence-corrected chi connectivity index (χ1v) is 10.6. The summed E-state index contributed by atoms with van der Waals surface area (Å²) in [6.45, 7) is 2.89. The van der Waals surface area contributed by atoms with E-state index in [0.29, 0.717) is 16.1 Å². The van der Waals surface area contributed by atoms with Gasteiger partial charge in [-0.1, -0.05) is 42.5 Å². The third kappa shape index (κ3) is 4.28. The summed E-state index contributed by atoms with van der Waals surface area (Å²) in [6, 6.07) is 22.5. The minimum Gasteiger partial charge on any atom is -0.497 e. The van der Waals surface area contributed by atoms with Crippen molar-refractivity contribution < 1.29 is 14.3 Å². The predicted molar refractivity (Wildman–Crippen MR) is 120 cm³/mol. The minimum atomic E-state index is -0.295. The van der Waals surface area contributed by atoms with E-state index in [0.717, 1.165) is 34.7 Å². The van der Waals surface area contributed by atoms with Crippen molar-refractivity contribution in [2.24, 2.45) is 4.99 Å². The Hall–Kier alpha value is -3.38. The van der Waals surface area contributed by atoms with E-state index < -0.39 is 0 Å². The normalized spacial score (nSPS) is 11.6. The van der Waals surface area contributed by atoms with E-state index >= 15 is 0 Å². The van der Waals surface area contributed by atoms with E-state index in [4.69, 9.17) is 9.47 Å². The van der Waals surface area contributed by atoms with Crippen LogP contribution in [0.5, 0.6) is 17.2 Å². The van der Waals surface area contributed by atoms with Gasteiger partial charge in [-0.2, -0.15) is 4.99 Å². The SMILES string of the molecule is CCCn1c(=NC(=O)c2cccc(Oc3ccccc3)c2)sc2cc(OC)ccc21. The fraction of sp³-hybridized carbons (Fsp3) is 0.167. The third-order valence-electron chi connectivity index (χ3n) is 4.59.